The summed E-state index contributed by atoms with van der Waals surface area (Å²) < 4.78 is 46.1. The molecule has 1 aliphatic rings. The summed E-state index contributed by atoms with van der Waals surface area (Å²) in [5.74, 6) is 1.49. The van der Waals surface area contributed by atoms with E-state index in [9.17, 15) is 8.42 Å². The molecule has 0 bridgehead atoms. The molecule has 2 aromatic heterocycles. The SMILES string of the molecule is COc1cccc(OC)c1-n1c(CS(=O)(=O)[C@@H](C)[C@H](C)c2ncc(Cl)cn2)nnc1[C@@H]1OCC[C@@H]1C. The van der Waals surface area contributed by atoms with Crippen LogP contribution in [0.3, 0.4) is 0 Å². The first-order valence-corrected chi connectivity index (χ1v) is 13.7. The lowest BCUT2D eigenvalue weighted by atomic mass is 10.0. The van der Waals surface area contributed by atoms with Gasteiger partial charge in [0, 0.05) is 24.9 Å². The molecule has 1 aromatic carbocycles. The highest BCUT2D eigenvalue weighted by molar-refractivity contribution is 7.91. The average Bonchev–Trinajstić information content (AvgIpc) is 3.47. The van der Waals surface area contributed by atoms with Crippen LogP contribution in [0.2, 0.25) is 5.02 Å². The lowest BCUT2D eigenvalue weighted by Crippen LogP contribution is -2.27. The summed E-state index contributed by atoms with van der Waals surface area (Å²) in [4.78, 5) is 8.41. The summed E-state index contributed by atoms with van der Waals surface area (Å²) >= 11 is 5.89. The van der Waals surface area contributed by atoms with E-state index in [0.717, 1.165) is 6.42 Å². The van der Waals surface area contributed by atoms with E-state index in [-0.39, 0.29) is 23.6 Å². The smallest absolute Gasteiger partial charge is 0.167 e. The first-order valence-electron chi connectivity index (χ1n) is 11.6. The van der Waals surface area contributed by atoms with Gasteiger partial charge in [0.05, 0.1) is 24.5 Å². The molecule has 36 heavy (non-hydrogen) atoms. The highest BCUT2D eigenvalue weighted by Gasteiger charge is 2.36. The molecule has 1 fully saturated rings. The number of methoxy groups -OCH3 is 2. The molecule has 4 rings (SSSR count). The van der Waals surface area contributed by atoms with E-state index in [1.807, 2.05) is 0 Å². The minimum absolute atomic E-state index is 0.180. The molecule has 0 N–H and O–H groups in total. The number of aromatic nitrogens is 5. The van der Waals surface area contributed by atoms with Gasteiger partial charge in [0.1, 0.15) is 34.9 Å². The lowest BCUT2D eigenvalue weighted by Gasteiger charge is -2.22. The van der Waals surface area contributed by atoms with Crippen molar-refractivity contribution in [2.45, 2.75) is 50.2 Å². The quantitative estimate of drug-likeness (QED) is 0.401. The summed E-state index contributed by atoms with van der Waals surface area (Å²) in [6.45, 7) is 6.08. The summed E-state index contributed by atoms with van der Waals surface area (Å²) in [6.07, 6.45) is 3.44. The molecule has 1 aliphatic heterocycles. The van der Waals surface area contributed by atoms with Crippen molar-refractivity contribution in [2.24, 2.45) is 5.92 Å². The van der Waals surface area contributed by atoms with Gasteiger partial charge in [0.2, 0.25) is 0 Å². The molecule has 0 amide bonds. The number of ether oxygens (including phenoxy) is 3. The summed E-state index contributed by atoms with van der Waals surface area (Å²) in [6, 6.07) is 5.36. The van der Waals surface area contributed by atoms with E-state index >= 15 is 0 Å². The third kappa shape index (κ3) is 5.05. The van der Waals surface area contributed by atoms with Crippen LogP contribution in [0.5, 0.6) is 11.5 Å². The monoisotopic (exact) mass is 535 g/mol. The summed E-state index contributed by atoms with van der Waals surface area (Å²) in [7, 11) is -0.633. The Hall–Kier alpha value is -2.76. The number of hydrogen-bond donors (Lipinski definition) is 0. The van der Waals surface area contributed by atoms with Crippen LogP contribution in [-0.2, 0) is 20.3 Å². The maximum absolute atomic E-state index is 13.6. The first-order chi connectivity index (χ1) is 17.2. The van der Waals surface area contributed by atoms with Gasteiger partial charge in [-0.1, -0.05) is 31.5 Å². The van der Waals surface area contributed by atoms with Gasteiger partial charge in [-0.3, -0.25) is 4.57 Å². The molecule has 3 aromatic rings. The Morgan fingerprint density at radius 2 is 1.78 bits per heavy atom. The van der Waals surface area contributed by atoms with E-state index in [4.69, 9.17) is 25.8 Å². The second kappa shape index (κ2) is 10.7. The Labute approximate surface area is 215 Å². The number of halogens is 1. The highest BCUT2D eigenvalue weighted by atomic mass is 35.5. The molecule has 12 heteroatoms. The Bertz CT molecular complexity index is 1290. The molecule has 194 valence electrons. The number of sulfone groups is 1. The minimum Gasteiger partial charge on any atom is -0.494 e. The number of para-hydroxylation sites is 1. The molecule has 3 heterocycles. The topological polar surface area (TPSA) is 118 Å². The number of rotatable bonds is 9. The molecule has 4 atom stereocenters. The minimum atomic E-state index is -3.72. The molecule has 10 nitrogen and oxygen atoms in total. The Balaban J connectivity index is 1.78. The van der Waals surface area contributed by atoms with E-state index in [0.29, 0.717) is 40.5 Å². The van der Waals surface area contributed by atoms with Crippen LogP contribution < -0.4 is 9.47 Å². The Kier molecular flexibility index (Phi) is 7.82. The van der Waals surface area contributed by atoms with Crippen LogP contribution in [0.1, 0.15) is 56.7 Å². The van der Waals surface area contributed by atoms with Gasteiger partial charge >= 0.3 is 0 Å². The predicted molar refractivity (Wildman–Crippen MR) is 134 cm³/mol. The third-order valence-electron chi connectivity index (χ3n) is 6.67. The molecular formula is C24H30ClN5O5S. The molecule has 1 saturated heterocycles. The zero-order valence-corrected chi connectivity index (χ0v) is 22.5. The van der Waals surface area contributed by atoms with E-state index in [1.165, 1.54) is 12.4 Å². The van der Waals surface area contributed by atoms with Crippen LogP contribution in [0, 0.1) is 5.92 Å². The Morgan fingerprint density at radius 3 is 2.33 bits per heavy atom. The fraction of sp³-hybridized carbons (Fsp3) is 0.500. The van der Waals surface area contributed by atoms with Crippen LogP contribution in [0.15, 0.2) is 30.6 Å². The molecule has 0 aliphatic carbocycles. The van der Waals surface area contributed by atoms with Crippen molar-refractivity contribution in [3.05, 3.63) is 53.1 Å². The fourth-order valence-electron chi connectivity index (χ4n) is 4.32. The number of hydrogen-bond acceptors (Lipinski definition) is 9. The van der Waals surface area contributed by atoms with Crippen molar-refractivity contribution in [2.75, 3.05) is 20.8 Å². The second-order valence-corrected chi connectivity index (χ2v) is 11.7. The van der Waals surface area contributed by atoms with Crippen LogP contribution in [0.25, 0.3) is 5.69 Å². The number of nitrogens with zero attached hydrogens (tertiary/aromatic N) is 5. The van der Waals surface area contributed by atoms with E-state index < -0.39 is 21.0 Å². The largest absolute Gasteiger partial charge is 0.494 e. The van der Waals surface area contributed by atoms with E-state index in [1.54, 1.807) is 50.8 Å². The third-order valence-corrected chi connectivity index (χ3v) is 9.07. The average molecular weight is 536 g/mol. The summed E-state index contributed by atoms with van der Waals surface area (Å²) in [5, 5.41) is 8.32. The predicted octanol–water partition coefficient (Wildman–Crippen LogP) is 3.93. The Morgan fingerprint density at radius 1 is 1.14 bits per heavy atom. The van der Waals surface area contributed by atoms with Crippen molar-refractivity contribution in [3.8, 4) is 17.2 Å². The standard InChI is InChI=1S/C24H30ClN5O5S/c1-14-9-10-35-22(14)24-29-28-20(30(24)21-18(33-4)7-6-8-19(21)34-5)13-36(31,32)16(3)15(2)23-26-11-17(25)12-27-23/h6-8,11-12,14-16,22H,9-10,13H2,1-5H3/t14-,15-,16-,22+/m0/s1. The van der Waals surface area contributed by atoms with Crippen molar-refractivity contribution in [3.63, 3.8) is 0 Å². The second-order valence-electron chi connectivity index (χ2n) is 8.94. The van der Waals surface area contributed by atoms with Gasteiger partial charge in [-0.25, -0.2) is 18.4 Å². The molecule has 0 saturated carbocycles. The molecule has 0 spiro atoms. The van der Waals surface area contributed by atoms with Gasteiger partial charge in [-0.05, 0) is 31.4 Å². The van der Waals surface area contributed by atoms with Crippen molar-refractivity contribution >= 4 is 21.4 Å². The van der Waals surface area contributed by atoms with Gasteiger partial charge in [-0.2, -0.15) is 0 Å². The number of benzene rings is 1. The molecule has 0 radical (unpaired) electrons. The van der Waals surface area contributed by atoms with Gasteiger partial charge in [-0.15, -0.1) is 10.2 Å². The maximum Gasteiger partial charge on any atom is 0.167 e. The van der Waals surface area contributed by atoms with Crippen LogP contribution in [-0.4, -0.2) is 59.2 Å². The zero-order valence-electron chi connectivity index (χ0n) is 20.9. The maximum atomic E-state index is 13.6. The van der Waals surface area contributed by atoms with Crippen molar-refractivity contribution in [1.82, 2.24) is 24.7 Å². The highest BCUT2D eigenvalue weighted by Crippen LogP contribution is 2.40. The fourth-order valence-corrected chi connectivity index (χ4v) is 5.97. The van der Waals surface area contributed by atoms with Gasteiger partial charge in [0.25, 0.3) is 0 Å². The van der Waals surface area contributed by atoms with Crippen LogP contribution >= 0.6 is 11.6 Å². The zero-order chi connectivity index (χ0) is 26.0. The van der Waals surface area contributed by atoms with Gasteiger partial charge in [0.15, 0.2) is 21.5 Å². The van der Waals surface area contributed by atoms with Crippen LogP contribution in [0.4, 0.5) is 0 Å². The first kappa shape index (κ1) is 26.3. The summed E-state index contributed by atoms with van der Waals surface area (Å²) in [5.41, 5.74) is 0.525. The normalized spacial score (nSPS) is 19.7. The lowest BCUT2D eigenvalue weighted by molar-refractivity contribution is 0.0856. The van der Waals surface area contributed by atoms with E-state index in [2.05, 4.69) is 27.1 Å². The van der Waals surface area contributed by atoms with Crippen molar-refractivity contribution < 1.29 is 22.6 Å². The van der Waals surface area contributed by atoms with Gasteiger partial charge < -0.3 is 14.2 Å². The van der Waals surface area contributed by atoms with Crippen molar-refractivity contribution in [1.29, 1.82) is 0 Å². The molecular weight excluding hydrogens is 506 g/mol. The molecule has 0 unspecified atom stereocenters.